The summed E-state index contributed by atoms with van der Waals surface area (Å²) in [7, 11) is 0. The maximum absolute atomic E-state index is 12.5. The third-order valence-electron chi connectivity index (χ3n) is 6.77. The Labute approximate surface area is 226 Å². The number of aromatic hydroxyl groups is 1. The molecule has 0 bridgehead atoms. The number of rotatable bonds is 4. The van der Waals surface area contributed by atoms with Gasteiger partial charge in [-0.25, -0.2) is 14.8 Å². The van der Waals surface area contributed by atoms with Crippen molar-refractivity contribution in [3.63, 3.8) is 0 Å². The van der Waals surface area contributed by atoms with Gasteiger partial charge in [-0.05, 0) is 76.3 Å². The normalized spacial score (nSPS) is 15.0. The quantitative estimate of drug-likeness (QED) is 0.274. The fraction of sp³-hybridized carbons (Fsp3) is 0.393. The highest BCUT2D eigenvalue weighted by Gasteiger charge is 2.28. The lowest BCUT2D eigenvalue weighted by atomic mass is 9.93. The first-order valence-electron chi connectivity index (χ1n) is 12.5. The van der Waals surface area contributed by atoms with E-state index < -0.39 is 5.60 Å². The van der Waals surface area contributed by atoms with Gasteiger partial charge in [-0.15, -0.1) is 0 Å². The highest BCUT2D eigenvalue weighted by Crippen LogP contribution is 2.37. The van der Waals surface area contributed by atoms with Gasteiger partial charge in [0.05, 0.1) is 16.6 Å². The van der Waals surface area contributed by atoms with Gasteiger partial charge in [-0.1, -0.05) is 35.3 Å². The van der Waals surface area contributed by atoms with Crippen LogP contribution in [0.2, 0.25) is 10.2 Å². The van der Waals surface area contributed by atoms with E-state index in [4.69, 9.17) is 32.9 Å². The molecule has 194 valence electrons. The van der Waals surface area contributed by atoms with Crippen LogP contribution in [-0.2, 0) is 11.3 Å². The number of halogens is 2. The molecule has 2 aromatic heterocycles. The van der Waals surface area contributed by atoms with Gasteiger partial charge in [0.1, 0.15) is 22.7 Å². The predicted octanol–water partition coefficient (Wildman–Crippen LogP) is 7.30. The van der Waals surface area contributed by atoms with E-state index in [0.717, 1.165) is 30.2 Å². The molecule has 0 spiro atoms. The van der Waals surface area contributed by atoms with Crippen molar-refractivity contribution in [3.8, 4) is 17.1 Å². The average molecular weight is 541 g/mol. The number of benzene rings is 2. The third kappa shape index (κ3) is 5.34. The number of hydrogen-bond acceptors (Lipinski definition) is 5. The Hall–Kier alpha value is -3.03. The number of carbonyl (C=O) groups is 1. The molecule has 0 radical (unpaired) electrons. The van der Waals surface area contributed by atoms with Gasteiger partial charge in [0, 0.05) is 30.0 Å². The van der Waals surface area contributed by atoms with E-state index in [1.165, 1.54) is 0 Å². The molecular weight excluding hydrogens is 511 g/mol. The highest BCUT2D eigenvalue weighted by atomic mass is 35.5. The molecule has 3 heterocycles. The molecule has 0 aliphatic carbocycles. The van der Waals surface area contributed by atoms with E-state index in [1.54, 1.807) is 23.1 Å². The van der Waals surface area contributed by atoms with E-state index in [1.807, 2.05) is 45.0 Å². The van der Waals surface area contributed by atoms with Crippen LogP contribution in [0.4, 0.5) is 4.79 Å². The van der Waals surface area contributed by atoms with Crippen LogP contribution >= 0.6 is 23.2 Å². The molecule has 1 aliphatic rings. The van der Waals surface area contributed by atoms with Crippen molar-refractivity contribution in [2.24, 2.45) is 5.92 Å². The summed E-state index contributed by atoms with van der Waals surface area (Å²) < 4.78 is 7.67. The number of phenolic OH excluding ortho intramolecular Hbond substituents is 1. The van der Waals surface area contributed by atoms with Crippen LogP contribution in [0.15, 0.2) is 42.5 Å². The molecule has 7 nitrogen and oxygen atoms in total. The summed E-state index contributed by atoms with van der Waals surface area (Å²) >= 11 is 12.8. The number of aromatic nitrogens is 3. The molecule has 2 aromatic carbocycles. The van der Waals surface area contributed by atoms with Gasteiger partial charge in [0.2, 0.25) is 0 Å². The summed E-state index contributed by atoms with van der Waals surface area (Å²) in [5, 5.41) is 12.4. The van der Waals surface area contributed by atoms with Gasteiger partial charge in [0.15, 0.2) is 5.15 Å². The lowest BCUT2D eigenvalue weighted by molar-refractivity contribution is 0.0180. The molecule has 0 unspecified atom stereocenters. The number of hydrogen-bond donors (Lipinski definition) is 1. The Morgan fingerprint density at radius 3 is 2.54 bits per heavy atom. The van der Waals surface area contributed by atoms with Crippen molar-refractivity contribution < 1.29 is 14.6 Å². The van der Waals surface area contributed by atoms with Crippen LogP contribution in [-0.4, -0.2) is 49.3 Å². The van der Waals surface area contributed by atoms with Crippen LogP contribution in [0.5, 0.6) is 5.75 Å². The van der Waals surface area contributed by atoms with Gasteiger partial charge in [-0.2, -0.15) is 0 Å². The van der Waals surface area contributed by atoms with Crippen molar-refractivity contribution in [3.05, 3.63) is 52.6 Å². The fourth-order valence-corrected chi connectivity index (χ4v) is 5.34. The van der Waals surface area contributed by atoms with Crippen LogP contribution in [0.25, 0.3) is 33.3 Å². The maximum atomic E-state index is 12.5. The summed E-state index contributed by atoms with van der Waals surface area (Å²) in [5.74, 6) is 1.23. The molecule has 1 saturated heterocycles. The molecule has 37 heavy (non-hydrogen) atoms. The summed E-state index contributed by atoms with van der Waals surface area (Å²) in [6.45, 7) is 7.68. The molecule has 0 atom stereocenters. The number of imidazole rings is 1. The maximum Gasteiger partial charge on any atom is 0.410 e. The van der Waals surface area contributed by atoms with E-state index >= 15 is 0 Å². The zero-order chi connectivity index (χ0) is 26.3. The van der Waals surface area contributed by atoms with E-state index in [0.29, 0.717) is 58.1 Å². The number of likely N-dealkylation sites (tertiary alicyclic amines) is 1. The monoisotopic (exact) mass is 540 g/mol. The van der Waals surface area contributed by atoms with Crippen molar-refractivity contribution >= 4 is 51.2 Å². The van der Waals surface area contributed by atoms with Crippen molar-refractivity contribution in [2.75, 3.05) is 13.1 Å². The summed E-state index contributed by atoms with van der Waals surface area (Å²) in [6, 6.07) is 12.7. The van der Waals surface area contributed by atoms with Crippen molar-refractivity contribution in [1.29, 1.82) is 0 Å². The molecule has 0 saturated carbocycles. The summed E-state index contributed by atoms with van der Waals surface area (Å²) in [5.41, 5.74) is 2.29. The molecule has 1 aliphatic heterocycles. The first-order valence-corrected chi connectivity index (χ1v) is 13.3. The molecule has 1 amide bonds. The van der Waals surface area contributed by atoms with Crippen LogP contribution in [0.3, 0.4) is 0 Å². The lowest BCUT2D eigenvalue weighted by Crippen LogP contribution is -2.41. The number of aryl methyl sites for hydroxylation is 1. The second-order valence-electron chi connectivity index (χ2n) is 10.6. The summed E-state index contributed by atoms with van der Waals surface area (Å²) in [6.07, 6.45) is 2.44. The minimum absolute atomic E-state index is 0.154. The molecule has 1 N–H and O–H groups in total. The highest BCUT2D eigenvalue weighted by molar-refractivity contribution is 6.35. The number of fused-ring (bicyclic) bond motifs is 3. The fourth-order valence-electron chi connectivity index (χ4n) is 4.95. The van der Waals surface area contributed by atoms with Crippen molar-refractivity contribution in [1.82, 2.24) is 19.4 Å². The van der Waals surface area contributed by atoms with Gasteiger partial charge < -0.3 is 19.3 Å². The van der Waals surface area contributed by atoms with Crippen LogP contribution < -0.4 is 0 Å². The smallest absolute Gasteiger partial charge is 0.410 e. The van der Waals surface area contributed by atoms with Gasteiger partial charge in [0.25, 0.3) is 0 Å². The third-order valence-corrected chi connectivity index (χ3v) is 7.27. The lowest BCUT2D eigenvalue weighted by Gasteiger charge is -2.33. The Bertz CT molecular complexity index is 1470. The zero-order valence-electron chi connectivity index (χ0n) is 21.2. The average Bonchev–Trinajstić information content (AvgIpc) is 3.22. The Kier molecular flexibility index (Phi) is 6.94. The Morgan fingerprint density at radius 1 is 1.11 bits per heavy atom. The van der Waals surface area contributed by atoms with E-state index in [-0.39, 0.29) is 11.8 Å². The second kappa shape index (κ2) is 10.0. The number of piperidine rings is 1. The number of amides is 1. The molecule has 1 fully saturated rings. The van der Waals surface area contributed by atoms with Gasteiger partial charge >= 0.3 is 6.09 Å². The first kappa shape index (κ1) is 25.6. The molecule has 4 aromatic rings. The SMILES string of the molecule is CC(C)(C)OC(=O)N1CCC(CCn2c(-c3ccccc3O)nc3c(Cl)nc4cc(Cl)ccc4c32)CC1. The minimum atomic E-state index is -0.501. The molecular formula is C28H30Cl2N4O3. The van der Waals surface area contributed by atoms with Gasteiger partial charge in [-0.3, -0.25) is 0 Å². The topological polar surface area (TPSA) is 80.5 Å². The van der Waals surface area contributed by atoms with E-state index in [9.17, 15) is 9.90 Å². The van der Waals surface area contributed by atoms with Crippen LogP contribution in [0.1, 0.15) is 40.0 Å². The first-order chi connectivity index (χ1) is 17.6. The molecule has 5 rings (SSSR count). The van der Waals surface area contributed by atoms with Crippen molar-refractivity contribution in [2.45, 2.75) is 52.2 Å². The minimum Gasteiger partial charge on any atom is -0.507 e. The number of carbonyl (C=O) groups excluding carboxylic acids is 1. The summed E-state index contributed by atoms with van der Waals surface area (Å²) in [4.78, 5) is 23.6. The largest absolute Gasteiger partial charge is 0.507 e. The Balaban J connectivity index is 1.46. The second-order valence-corrected chi connectivity index (χ2v) is 11.4. The number of pyridine rings is 1. The standard InChI is InChI=1S/C28H30Cl2N4O3/c1-28(2,3)37-27(36)33-13-10-17(11-14-33)12-15-34-24-19-9-8-18(29)16-21(19)31-25(30)23(24)32-26(34)20-6-4-5-7-22(20)35/h4-9,16-17,35H,10-15H2,1-3H3. The predicted molar refractivity (Wildman–Crippen MR) is 147 cm³/mol. The number of phenols is 1. The van der Waals surface area contributed by atoms with Crippen LogP contribution in [0, 0.1) is 5.92 Å². The van der Waals surface area contributed by atoms with E-state index in [2.05, 4.69) is 9.55 Å². The Morgan fingerprint density at radius 2 is 1.84 bits per heavy atom. The number of ether oxygens (including phenoxy) is 1. The number of nitrogens with zero attached hydrogens (tertiary/aromatic N) is 4. The number of para-hydroxylation sites is 1. The zero-order valence-corrected chi connectivity index (χ0v) is 22.7. The molecule has 9 heteroatoms.